The van der Waals surface area contributed by atoms with Crippen LogP contribution in [0.5, 0.6) is 0 Å². The second-order valence-electron chi connectivity index (χ2n) is 2.06. The van der Waals surface area contributed by atoms with Gasteiger partial charge in [0.2, 0.25) is 0 Å². The van der Waals surface area contributed by atoms with E-state index in [2.05, 4.69) is 4.28 Å². The molecule has 0 N–H and O–H groups in total. The molecule has 5 nitrogen and oxygen atoms in total. The van der Waals surface area contributed by atoms with E-state index in [0.717, 1.165) is 0 Å². The molecule has 0 bridgehead atoms. The highest BCUT2D eigenvalue weighted by Crippen LogP contribution is 2.22. The molecule has 1 aliphatic rings. The zero-order chi connectivity index (χ0) is 10.9. The first-order valence-corrected chi connectivity index (χ1v) is 4.13. The number of halogens is 3. The van der Waals surface area contributed by atoms with E-state index in [0.29, 0.717) is 12.2 Å². The minimum atomic E-state index is -5.14. The minimum absolute atomic E-state index is 0.219. The molecule has 1 rings (SSSR count). The highest BCUT2D eigenvalue weighted by molar-refractivity contribution is 7.81. The second-order valence-corrected chi connectivity index (χ2v) is 3.14. The van der Waals surface area contributed by atoms with Crippen LogP contribution in [0.1, 0.15) is 0 Å². The molecular formula is C5H2F3NO4S. The average Bonchev–Trinajstić information content (AvgIpc) is 2.34. The molecule has 0 aromatic rings. The summed E-state index contributed by atoms with van der Waals surface area (Å²) in [4.78, 5) is 21.3. The van der Waals surface area contributed by atoms with Crippen LogP contribution in [0.3, 0.4) is 0 Å². The van der Waals surface area contributed by atoms with E-state index in [1.54, 1.807) is 0 Å². The molecule has 9 heteroatoms. The van der Waals surface area contributed by atoms with E-state index in [1.165, 1.54) is 0 Å². The van der Waals surface area contributed by atoms with Gasteiger partial charge in [0.05, 0.1) is 0 Å². The monoisotopic (exact) mass is 229 g/mol. The summed E-state index contributed by atoms with van der Waals surface area (Å²) in [6, 6.07) is 0. The molecule has 0 fully saturated rings. The average molecular weight is 229 g/mol. The summed E-state index contributed by atoms with van der Waals surface area (Å²) in [5.41, 5.74) is -5.14. The summed E-state index contributed by atoms with van der Waals surface area (Å²) in [5, 5.41) is -0.219. The molecule has 0 aromatic heterocycles. The first-order chi connectivity index (χ1) is 6.32. The van der Waals surface area contributed by atoms with Crippen LogP contribution in [-0.2, 0) is 25.0 Å². The Balaban J connectivity index is 2.67. The molecule has 2 amide bonds. The lowest BCUT2D eigenvalue weighted by molar-refractivity contribution is -0.163. The van der Waals surface area contributed by atoms with Crippen molar-refractivity contribution in [3.63, 3.8) is 0 Å². The molecule has 78 valence electrons. The summed E-state index contributed by atoms with van der Waals surface area (Å²) in [5.74, 6) is -2.21. The predicted molar refractivity (Wildman–Crippen MR) is 36.3 cm³/mol. The van der Waals surface area contributed by atoms with Crippen molar-refractivity contribution in [1.82, 2.24) is 5.06 Å². The van der Waals surface area contributed by atoms with Gasteiger partial charge in [-0.1, -0.05) is 0 Å². The number of imide groups is 1. The van der Waals surface area contributed by atoms with E-state index in [-0.39, 0.29) is 5.06 Å². The number of hydrogen-bond donors (Lipinski definition) is 0. The molecule has 0 saturated carbocycles. The van der Waals surface area contributed by atoms with Crippen molar-refractivity contribution in [2.75, 3.05) is 0 Å². The van der Waals surface area contributed by atoms with Gasteiger partial charge in [0, 0.05) is 12.2 Å². The summed E-state index contributed by atoms with van der Waals surface area (Å²) in [6.07, 6.45) is 1.41. The molecule has 0 aliphatic carbocycles. The third-order valence-electron chi connectivity index (χ3n) is 1.10. The summed E-state index contributed by atoms with van der Waals surface area (Å²) in [7, 11) is 0. The number of carbonyl (C=O) groups is 2. The van der Waals surface area contributed by atoms with Crippen molar-refractivity contribution in [3.05, 3.63) is 12.2 Å². The molecule has 1 aliphatic heterocycles. The van der Waals surface area contributed by atoms with Crippen LogP contribution in [0.15, 0.2) is 12.2 Å². The summed E-state index contributed by atoms with van der Waals surface area (Å²) in [6.45, 7) is 0. The van der Waals surface area contributed by atoms with Gasteiger partial charge in [-0.15, -0.1) is 5.06 Å². The van der Waals surface area contributed by atoms with E-state index in [1.807, 2.05) is 0 Å². The van der Waals surface area contributed by atoms with Gasteiger partial charge < -0.3 is 0 Å². The Kier molecular flexibility index (Phi) is 2.71. The van der Waals surface area contributed by atoms with Crippen LogP contribution in [0.4, 0.5) is 13.2 Å². The third kappa shape index (κ3) is 2.17. The Morgan fingerprint density at radius 3 is 2.00 bits per heavy atom. The van der Waals surface area contributed by atoms with Gasteiger partial charge in [0.25, 0.3) is 22.9 Å². The lowest BCUT2D eigenvalue weighted by atomic mass is 10.6. The fourth-order valence-corrected chi connectivity index (χ4v) is 0.937. The summed E-state index contributed by atoms with van der Waals surface area (Å²) >= 11 is -3.72. The Bertz CT molecular complexity index is 318. The van der Waals surface area contributed by atoms with Gasteiger partial charge >= 0.3 is 5.51 Å². The van der Waals surface area contributed by atoms with Gasteiger partial charge in [-0.25, -0.2) is 4.21 Å². The smallest absolute Gasteiger partial charge is 0.267 e. The molecule has 0 saturated heterocycles. The number of rotatable bonds is 2. The van der Waals surface area contributed by atoms with Crippen LogP contribution < -0.4 is 0 Å². The van der Waals surface area contributed by atoms with E-state index >= 15 is 0 Å². The van der Waals surface area contributed by atoms with E-state index in [9.17, 15) is 27.0 Å². The SMILES string of the molecule is O=C1C=CC(=O)N1OS(=O)C(F)(F)F. The topological polar surface area (TPSA) is 63.7 Å². The number of nitrogens with zero attached hydrogens (tertiary/aromatic N) is 1. The fraction of sp³-hybridized carbons (Fsp3) is 0.200. The third-order valence-corrected chi connectivity index (χ3v) is 1.76. The normalized spacial score (nSPS) is 19.2. The Morgan fingerprint density at radius 2 is 1.64 bits per heavy atom. The zero-order valence-electron chi connectivity index (χ0n) is 6.28. The molecular weight excluding hydrogens is 227 g/mol. The lowest BCUT2D eigenvalue weighted by Crippen LogP contribution is -2.34. The Morgan fingerprint density at radius 1 is 1.21 bits per heavy atom. The second kappa shape index (κ2) is 3.50. The first kappa shape index (κ1) is 10.9. The molecule has 0 spiro atoms. The maximum Gasteiger partial charge on any atom is 0.499 e. The highest BCUT2D eigenvalue weighted by atomic mass is 32.2. The first-order valence-electron chi connectivity index (χ1n) is 3.05. The lowest BCUT2D eigenvalue weighted by Gasteiger charge is -2.12. The number of hydrogen-bond acceptors (Lipinski definition) is 4. The summed E-state index contributed by atoms with van der Waals surface area (Å²) < 4.78 is 48.9. The van der Waals surface area contributed by atoms with Gasteiger partial charge in [-0.2, -0.15) is 17.5 Å². The predicted octanol–water partition coefficient (Wildman–Crippen LogP) is 0.0265. The minimum Gasteiger partial charge on any atom is -0.267 e. The fourth-order valence-electron chi connectivity index (χ4n) is 0.570. The Labute approximate surface area is 77.7 Å². The quantitative estimate of drug-likeness (QED) is 0.626. The van der Waals surface area contributed by atoms with Crippen LogP contribution >= 0.6 is 0 Å². The van der Waals surface area contributed by atoms with E-state index in [4.69, 9.17) is 0 Å². The van der Waals surface area contributed by atoms with Gasteiger partial charge in [-0.05, 0) is 0 Å². The number of alkyl halides is 3. The van der Waals surface area contributed by atoms with Crippen molar-refractivity contribution in [2.45, 2.75) is 5.51 Å². The molecule has 1 unspecified atom stereocenters. The van der Waals surface area contributed by atoms with Crippen molar-refractivity contribution < 1.29 is 31.3 Å². The van der Waals surface area contributed by atoms with Crippen LogP contribution in [0.2, 0.25) is 0 Å². The van der Waals surface area contributed by atoms with Gasteiger partial charge in [-0.3, -0.25) is 9.59 Å². The van der Waals surface area contributed by atoms with Crippen molar-refractivity contribution in [3.8, 4) is 0 Å². The van der Waals surface area contributed by atoms with Gasteiger partial charge in [0.1, 0.15) is 0 Å². The zero-order valence-corrected chi connectivity index (χ0v) is 7.09. The molecule has 14 heavy (non-hydrogen) atoms. The maximum absolute atomic E-state index is 11.7. The number of hydroxylamine groups is 2. The highest BCUT2D eigenvalue weighted by Gasteiger charge is 2.42. The van der Waals surface area contributed by atoms with Crippen molar-refractivity contribution in [2.24, 2.45) is 0 Å². The van der Waals surface area contributed by atoms with Crippen LogP contribution in [0.25, 0.3) is 0 Å². The van der Waals surface area contributed by atoms with Crippen LogP contribution in [-0.4, -0.2) is 26.6 Å². The van der Waals surface area contributed by atoms with Crippen molar-refractivity contribution >= 4 is 22.9 Å². The Hall–Kier alpha value is -1.22. The standard InChI is InChI=1S/C5H2F3NO4S/c6-5(7,8)14(12)13-9-3(10)1-2-4(9)11/h1-2H. The molecule has 0 radical (unpaired) electrons. The van der Waals surface area contributed by atoms with E-state index < -0.39 is 28.4 Å². The molecule has 0 aromatic carbocycles. The maximum atomic E-state index is 11.7. The molecule has 1 atom stereocenters. The van der Waals surface area contributed by atoms with Gasteiger partial charge in [0.15, 0.2) is 0 Å². The number of amides is 2. The molecule has 1 heterocycles. The van der Waals surface area contributed by atoms with Crippen LogP contribution in [0, 0.1) is 0 Å². The van der Waals surface area contributed by atoms with Crippen molar-refractivity contribution in [1.29, 1.82) is 0 Å². The largest absolute Gasteiger partial charge is 0.499 e. The number of carbonyl (C=O) groups excluding carboxylic acids is 2.